The number of carbonyl (C=O) groups is 2. The van der Waals surface area contributed by atoms with Gasteiger partial charge in [0.1, 0.15) is 0 Å². The summed E-state index contributed by atoms with van der Waals surface area (Å²) in [5.41, 5.74) is 1.51. The molecule has 0 spiro atoms. The molecule has 2 atom stereocenters. The van der Waals surface area contributed by atoms with Crippen molar-refractivity contribution in [2.45, 2.75) is 13.3 Å². The maximum atomic E-state index is 13.2. The normalized spacial score (nSPS) is 18.6. The van der Waals surface area contributed by atoms with Crippen LogP contribution in [0.15, 0.2) is 36.4 Å². The van der Waals surface area contributed by atoms with E-state index in [1.807, 2.05) is 0 Å². The van der Waals surface area contributed by atoms with Crippen molar-refractivity contribution in [3.8, 4) is 0 Å². The minimum absolute atomic E-state index is 0.153. The summed E-state index contributed by atoms with van der Waals surface area (Å²) < 4.78 is 26.1. The molecule has 2 aromatic carbocycles. The molecule has 1 saturated carbocycles. The Balaban J connectivity index is 1.59. The van der Waals surface area contributed by atoms with Gasteiger partial charge in [-0.2, -0.15) is 0 Å². The molecule has 2 amide bonds. The fraction of sp³-hybridized carbons (Fsp3) is 0.222. The first-order valence-electron chi connectivity index (χ1n) is 7.68. The average molecular weight is 365 g/mol. The first kappa shape index (κ1) is 17.4. The molecular weight excluding hydrogens is 350 g/mol. The van der Waals surface area contributed by atoms with Crippen LogP contribution in [0.5, 0.6) is 0 Å². The molecule has 2 unspecified atom stereocenters. The number of amides is 2. The van der Waals surface area contributed by atoms with Crippen LogP contribution >= 0.6 is 11.6 Å². The van der Waals surface area contributed by atoms with Gasteiger partial charge < -0.3 is 10.6 Å². The summed E-state index contributed by atoms with van der Waals surface area (Å²) in [5, 5.41) is 5.80. The van der Waals surface area contributed by atoms with E-state index in [2.05, 4.69) is 10.6 Å². The van der Waals surface area contributed by atoms with Crippen molar-refractivity contribution in [3.63, 3.8) is 0 Å². The van der Waals surface area contributed by atoms with E-state index in [1.54, 1.807) is 25.1 Å². The maximum absolute atomic E-state index is 13.2. The summed E-state index contributed by atoms with van der Waals surface area (Å²) in [6.07, 6.45) is 0.404. The molecule has 0 radical (unpaired) electrons. The minimum atomic E-state index is -1.04. The van der Waals surface area contributed by atoms with Crippen molar-refractivity contribution in [1.82, 2.24) is 0 Å². The zero-order chi connectivity index (χ0) is 18.1. The number of anilines is 2. The molecule has 0 heterocycles. The van der Waals surface area contributed by atoms with Gasteiger partial charge in [-0.3, -0.25) is 9.59 Å². The predicted molar refractivity (Wildman–Crippen MR) is 91.4 cm³/mol. The van der Waals surface area contributed by atoms with Crippen LogP contribution in [0.25, 0.3) is 0 Å². The summed E-state index contributed by atoms with van der Waals surface area (Å²) in [5.74, 6) is -3.64. The van der Waals surface area contributed by atoms with Crippen LogP contribution < -0.4 is 10.6 Å². The Hall–Kier alpha value is -2.47. The molecule has 2 N–H and O–H groups in total. The lowest BCUT2D eigenvalue weighted by atomic mass is 10.2. The quantitative estimate of drug-likeness (QED) is 0.856. The van der Waals surface area contributed by atoms with Crippen molar-refractivity contribution in [3.05, 3.63) is 58.6 Å². The molecule has 130 valence electrons. The van der Waals surface area contributed by atoms with E-state index in [0.29, 0.717) is 17.1 Å². The first-order valence-corrected chi connectivity index (χ1v) is 8.06. The number of benzene rings is 2. The number of hydrogen-bond acceptors (Lipinski definition) is 2. The van der Waals surface area contributed by atoms with E-state index in [-0.39, 0.29) is 11.6 Å². The van der Waals surface area contributed by atoms with Crippen LogP contribution in [0.2, 0.25) is 5.02 Å². The third-order valence-electron chi connectivity index (χ3n) is 4.18. The highest BCUT2D eigenvalue weighted by molar-refractivity contribution is 6.31. The minimum Gasteiger partial charge on any atom is -0.326 e. The number of carbonyl (C=O) groups excluding carboxylic acids is 2. The number of nitrogens with one attached hydrogen (secondary N) is 2. The second-order valence-corrected chi connectivity index (χ2v) is 6.38. The third-order valence-corrected chi connectivity index (χ3v) is 4.59. The van der Waals surface area contributed by atoms with Gasteiger partial charge in [-0.25, -0.2) is 8.78 Å². The van der Waals surface area contributed by atoms with Gasteiger partial charge in [0, 0.05) is 22.5 Å². The van der Waals surface area contributed by atoms with Crippen LogP contribution in [-0.4, -0.2) is 11.8 Å². The van der Waals surface area contributed by atoms with Crippen LogP contribution in [0, 0.1) is 30.4 Å². The lowest BCUT2D eigenvalue weighted by Crippen LogP contribution is -2.21. The van der Waals surface area contributed by atoms with E-state index in [9.17, 15) is 18.4 Å². The lowest BCUT2D eigenvalue weighted by Gasteiger charge is -2.09. The van der Waals surface area contributed by atoms with Crippen LogP contribution in [0.3, 0.4) is 0 Å². The van der Waals surface area contributed by atoms with Crippen molar-refractivity contribution in [2.24, 2.45) is 11.8 Å². The summed E-state index contributed by atoms with van der Waals surface area (Å²) in [4.78, 5) is 24.4. The highest BCUT2D eigenvalue weighted by Crippen LogP contribution is 2.40. The Morgan fingerprint density at radius 3 is 2.40 bits per heavy atom. The lowest BCUT2D eigenvalue weighted by molar-refractivity contribution is -0.122. The molecule has 25 heavy (non-hydrogen) atoms. The second-order valence-electron chi connectivity index (χ2n) is 5.97. The molecule has 0 bridgehead atoms. The van der Waals surface area contributed by atoms with Gasteiger partial charge in [-0.15, -0.1) is 0 Å². The van der Waals surface area contributed by atoms with Crippen molar-refractivity contribution in [1.29, 1.82) is 0 Å². The van der Waals surface area contributed by atoms with Gasteiger partial charge in [-0.05, 0) is 43.2 Å². The zero-order valence-corrected chi connectivity index (χ0v) is 14.0. The van der Waals surface area contributed by atoms with Crippen LogP contribution in [0.1, 0.15) is 12.0 Å². The third kappa shape index (κ3) is 3.79. The van der Waals surface area contributed by atoms with Gasteiger partial charge in [0.25, 0.3) is 0 Å². The molecule has 1 aliphatic carbocycles. The summed E-state index contributed by atoms with van der Waals surface area (Å²) in [7, 11) is 0. The molecule has 7 heteroatoms. The standard InChI is InChI=1S/C18H15ClF2N2O2/c1-9-13(19)3-2-4-16(9)23-18(25)12-8-11(12)17(24)22-10-5-6-14(20)15(21)7-10/h2-7,11-12H,8H2,1H3,(H,22,24)(H,23,25). The molecule has 0 saturated heterocycles. The first-order chi connectivity index (χ1) is 11.9. The number of hydrogen-bond donors (Lipinski definition) is 2. The zero-order valence-electron chi connectivity index (χ0n) is 13.3. The molecule has 3 rings (SSSR count). The van der Waals surface area contributed by atoms with Crippen molar-refractivity contribution in [2.75, 3.05) is 10.6 Å². The predicted octanol–water partition coefficient (Wildman–Crippen LogP) is 4.14. The molecule has 0 aromatic heterocycles. The molecule has 2 aromatic rings. The fourth-order valence-electron chi connectivity index (χ4n) is 2.55. The molecule has 1 aliphatic rings. The van der Waals surface area contributed by atoms with Crippen molar-refractivity contribution < 1.29 is 18.4 Å². The maximum Gasteiger partial charge on any atom is 0.228 e. The molecule has 0 aliphatic heterocycles. The monoisotopic (exact) mass is 364 g/mol. The Bertz CT molecular complexity index is 857. The Morgan fingerprint density at radius 2 is 1.72 bits per heavy atom. The van der Waals surface area contributed by atoms with Crippen LogP contribution in [0.4, 0.5) is 20.2 Å². The van der Waals surface area contributed by atoms with Gasteiger partial charge in [0.05, 0.1) is 11.8 Å². The molecular formula is C18H15ClF2N2O2. The van der Waals surface area contributed by atoms with E-state index in [1.165, 1.54) is 6.07 Å². The van der Waals surface area contributed by atoms with Crippen LogP contribution in [-0.2, 0) is 9.59 Å². The number of halogens is 3. The Labute approximate surface area is 148 Å². The van der Waals surface area contributed by atoms with Gasteiger partial charge in [0.2, 0.25) is 11.8 Å². The summed E-state index contributed by atoms with van der Waals surface area (Å²) in [6, 6.07) is 8.29. The van der Waals surface area contributed by atoms with Crippen molar-refractivity contribution >= 4 is 34.8 Å². The van der Waals surface area contributed by atoms with Gasteiger partial charge >= 0.3 is 0 Å². The fourth-order valence-corrected chi connectivity index (χ4v) is 2.73. The van der Waals surface area contributed by atoms with E-state index >= 15 is 0 Å². The number of rotatable bonds is 4. The molecule has 4 nitrogen and oxygen atoms in total. The largest absolute Gasteiger partial charge is 0.326 e. The Kier molecular flexibility index (Phi) is 4.72. The van der Waals surface area contributed by atoms with E-state index in [0.717, 1.165) is 17.7 Å². The van der Waals surface area contributed by atoms with Gasteiger partial charge in [-0.1, -0.05) is 17.7 Å². The molecule has 1 fully saturated rings. The van der Waals surface area contributed by atoms with Gasteiger partial charge in [0.15, 0.2) is 11.6 Å². The summed E-state index contributed by atoms with van der Waals surface area (Å²) >= 11 is 6.01. The highest BCUT2D eigenvalue weighted by atomic mass is 35.5. The Morgan fingerprint density at radius 1 is 1.04 bits per heavy atom. The van der Waals surface area contributed by atoms with E-state index in [4.69, 9.17) is 11.6 Å². The average Bonchev–Trinajstić information content (AvgIpc) is 3.36. The smallest absolute Gasteiger partial charge is 0.228 e. The SMILES string of the molecule is Cc1c(Cl)cccc1NC(=O)C1CC1C(=O)Nc1ccc(F)c(F)c1. The second kappa shape index (κ2) is 6.80. The highest BCUT2D eigenvalue weighted by Gasteiger charge is 2.48. The topological polar surface area (TPSA) is 58.2 Å². The van der Waals surface area contributed by atoms with E-state index < -0.39 is 29.4 Å². The summed E-state index contributed by atoms with van der Waals surface area (Å²) in [6.45, 7) is 1.79.